The largest absolute Gasteiger partial charge is 0.310 e. The highest BCUT2D eigenvalue weighted by Crippen LogP contribution is 2.46. The Bertz CT molecular complexity index is 1950. The molecule has 0 saturated heterocycles. The monoisotopic (exact) mass is 772 g/mol. The van der Waals surface area contributed by atoms with Crippen LogP contribution in [-0.4, -0.2) is 35.7 Å². The van der Waals surface area contributed by atoms with Gasteiger partial charge in [0.2, 0.25) is 0 Å². The Morgan fingerprint density at radius 1 is 0.414 bits per heavy atom. The van der Waals surface area contributed by atoms with Gasteiger partial charge in [-0.2, -0.15) is 0 Å². The molecular formula is C54H64N2O2. The predicted molar refractivity (Wildman–Crippen MR) is 241 cm³/mol. The van der Waals surface area contributed by atoms with Gasteiger partial charge >= 0.3 is 0 Å². The molecule has 0 unspecified atom stereocenters. The first-order chi connectivity index (χ1) is 28.3. The van der Waals surface area contributed by atoms with Gasteiger partial charge in [-0.15, -0.1) is 0 Å². The quantitative estimate of drug-likeness (QED) is 0.120. The lowest BCUT2D eigenvalue weighted by atomic mass is 9.77. The second-order valence-electron chi connectivity index (χ2n) is 18.0. The first-order valence-electron chi connectivity index (χ1n) is 22.8. The molecule has 0 N–H and O–H groups in total. The summed E-state index contributed by atoms with van der Waals surface area (Å²) >= 11 is 0. The van der Waals surface area contributed by atoms with Gasteiger partial charge in [0.05, 0.1) is 22.5 Å². The highest BCUT2D eigenvalue weighted by Gasteiger charge is 2.46. The normalized spacial score (nSPS) is 22.3. The maximum absolute atomic E-state index is 13.9. The van der Waals surface area contributed by atoms with E-state index in [0.29, 0.717) is 34.4 Å². The number of unbranched alkanes of at least 4 members (excludes halogenated alkanes) is 4. The minimum atomic E-state index is -0.137. The van der Waals surface area contributed by atoms with Crippen LogP contribution < -0.4 is 0 Å². The third-order valence-corrected chi connectivity index (χ3v) is 14.3. The Morgan fingerprint density at radius 2 is 0.707 bits per heavy atom. The van der Waals surface area contributed by atoms with Gasteiger partial charge in [-0.05, 0) is 120 Å². The summed E-state index contributed by atoms with van der Waals surface area (Å²) in [5.41, 5.74) is 11.7. The summed E-state index contributed by atoms with van der Waals surface area (Å²) in [6.45, 7) is 4.58. The molecule has 0 atom stereocenters. The Hall–Kier alpha value is -4.70. The van der Waals surface area contributed by atoms with Gasteiger partial charge in [0.15, 0.2) is 0 Å². The van der Waals surface area contributed by atoms with Crippen molar-refractivity contribution in [3.63, 3.8) is 0 Å². The fraction of sp³-hybridized carbons (Fsp3) is 0.444. The maximum Gasteiger partial charge on any atom is 0.261 e. The second-order valence-corrected chi connectivity index (χ2v) is 18.0. The third kappa shape index (κ3) is 8.27. The molecule has 4 nitrogen and oxygen atoms in total. The number of carbonyl (C=O) groups is 2. The summed E-state index contributed by atoms with van der Waals surface area (Å²) in [4.78, 5) is 31.2. The van der Waals surface area contributed by atoms with Crippen molar-refractivity contribution in [2.75, 3.05) is 14.1 Å². The smallest absolute Gasteiger partial charge is 0.261 e. The number of hydrogen-bond acceptors (Lipinski definition) is 2. The van der Waals surface area contributed by atoms with E-state index in [1.807, 2.05) is 0 Å². The zero-order valence-electron chi connectivity index (χ0n) is 35.6. The van der Waals surface area contributed by atoms with Crippen molar-refractivity contribution in [3.8, 4) is 22.3 Å². The highest BCUT2D eigenvalue weighted by molar-refractivity contribution is 6.30. The van der Waals surface area contributed by atoms with E-state index >= 15 is 0 Å². The molecule has 4 aromatic rings. The number of amides is 2. The van der Waals surface area contributed by atoms with E-state index in [1.165, 1.54) is 125 Å². The summed E-state index contributed by atoms with van der Waals surface area (Å²) in [7, 11) is 3.58. The van der Waals surface area contributed by atoms with Crippen LogP contribution in [0.3, 0.4) is 0 Å². The molecule has 4 aliphatic rings. The number of hydrogen-bond donors (Lipinski definition) is 0. The van der Waals surface area contributed by atoms with Crippen LogP contribution in [0.15, 0.2) is 108 Å². The lowest BCUT2D eigenvalue weighted by Gasteiger charge is -2.29. The molecule has 4 aromatic carbocycles. The van der Waals surface area contributed by atoms with Crippen molar-refractivity contribution < 1.29 is 9.59 Å². The van der Waals surface area contributed by atoms with E-state index in [4.69, 9.17) is 0 Å². The van der Waals surface area contributed by atoms with Crippen LogP contribution in [0.1, 0.15) is 151 Å². The van der Waals surface area contributed by atoms with Crippen molar-refractivity contribution in [3.05, 3.63) is 130 Å². The molecule has 0 spiro atoms. The Labute approximate surface area is 348 Å². The molecule has 58 heavy (non-hydrogen) atoms. The minimum Gasteiger partial charge on any atom is -0.310 e. The van der Waals surface area contributed by atoms with E-state index in [2.05, 4.69) is 111 Å². The van der Waals surface area contributed by atoms with Gasteiger partial charge in [0.1, 0.15) is 0 Å². The Balaban J connectivity index is 0.947. The van der Waals surface area contributed by atoms with E-state index < -0.39 is 0 Å². The molecule has 2 aliphatic heterocycles. The van der Waals surface area contributed by atoms with E-state index in [1.54, 1.807) is 23.9 Å². The van der Waals surface area contributed by atoms with Gasteiger partial charge < -0.3 is 9.80 Å². The molecule has 2 heterocycles. The van der Waals surface area contributed by atoms with E-state index in [9.17, 15) is 9.59 Å². The van der Waals surface area contributed by atoms with Gasteiger partial charge in [-0.3, -0.25) is 9.59 Å². The SMILES string of the molecule is CCCCCC1CCC(c2ccc(-c3ccc(C4=C5C(=O)N(C)C(c6ccc(-c7ccc(C8CCC(CCCCC)CC8)cc7)cc6)=C5C(=O)N4C)cc3)cc2)CC1. The van der Waals surface area contributed by atoms with Crippen molar-refractivity contribution >= 4 is 23.2 Å². The number of likely N-dealkylation sites (N-methyl/N-ethyl adjacent to an activating group) is 2. The van der Waals surface area contributed by atoms with Crippen molar-refractivity contribution in [1.29, 1.82) is 0 Å². The van der Waals surface area contributed by atoms with Gasteiger partial charge in [0, 0.05) is 14.1 Å². The van der Waals surface area contributed by atoms with E-state index in [-0.39, 0.29) is 11.8 Å². The topological polar surface area (TPSA) is 40.6 Å². The summed E-state index contributed by atoms with van der Waals surface area (Å²) < 4.78 is 0. The molecule has 2 fully saturated rings. The third-order valence-electron chi connectivity index (χ3n) is 14.3. The van der Waals surface area contributed by atoms with Crippen LogP contribution in [0.4, 0.5) is 0 Å². The molecule has 2 amide bonds. The van der Waals surface area contributed by atoms with Crippen LogP contribution in [0.2, 0.25) is 0 Å². The van der Waals surface area contributed by atoms with Crippen LogP contribution in [0.25, 0.3) is 33.6 Å². The van der Waals surface area contributed by atoms with Gasteiger partial charge in [-0.25, -0.2) is 0 Å². The van der Waals surface area contributed by atoms with Crippen LogP contribution in [0.5, 0.6) is 0 Å². The molecular weight excluding hydrogens is 709 g/mol. The summed E-state index contributed by atoms with van der Waals surface area (Å²) in [6, 6.07) is 35.1. The number of fused-ring (bicyclic) bond motifs is 1. The molecule has 2 saturated carbocycles. The fourth-order valence-corrected chi connectivity index (χ4v) is 10.7. The molecule has 0 aromatic heterocycles. The molecule has 302 valence electrons. The maximum atomic E-state index is 13.9. The first-order valence-corrected chi connectivity index (χ1v) is 22.8. The van der Waals surface area contributed by atoms with Crippen molar-refractivity contribution in [2.24, 2.45) is 11.8 Å². The van der Waals surface area contributed by atoms with Crippen LogP contribution in [0, 0.1) is 11.8 Å². The summed E-state index contributed by atoms with van der Waals surface area (Å²) in [6.07, 6.45) is 21.6. The second kappa shape index (κ2) is 18.1. The standard InChI is InChI=1S/C54H64N2O2/c1-5-7-9-11-37-13-17-39(18-14-37)41-21-25-43(26-22-41)45-29-33-47(34-30-45)51-49-50(54(58)55(51)3)52(56(4)53(49)57)48-35-31-46(32-36-48)44-27-23-42(24-28-44)40-19-15-38(16-20-40)12-10-8-6-2/h21-40H,5-20H2,1-4H3. The molecule has 8 rings (SSSR count). The van der Waals surface area contributed by atoms with E-state index in [0.717, 1.165) is 34.1 Å². The zero-order chi connectivity index (χ0) is 40.2. The summed E-state index contributed by atoms with van der Waals surface area (Å²) in [5.74, 6) is 2.91. The molecule has 2 aliphatic carbocycles. The number of rotatable bonds is 14. The Kier molecular flexibility index (Phi) is 12.5. The van der Waals surface area contributed by atoms with Crippen molar-refractivity contribution in [1.82, 2.24) is 9.80 Å². The minimum absolute atomic E-state index is 0.137. The van der Waals surface area contributed by atoms with Crippen LogP contribution >= 0.6 is 0 Å². The molecule has 0 bridgehead atoms. The fourth-order valence-electron chi connectivity index (χ4n) is 10.7. The first kappa shape index (κ1) is 40.1. The lowest BCUT2D eigenvalue weighted by molar-refractivity contribution is -0.123. The summed E-state index contributed by atoms with van der Waals surface area (Å²) in [5, 5.41) is 0. The van der Waals surface area contributed by atoms with Crippen LogP contribution in [-0.2, 0) is 9.59 Å². The zero-order valence-corrected chi connectivity index (χ0v) is 35.6. The number of carbonyl (C=O) groups excluding carboxylic acids is 2. The highest BCUT2D eigenvalue weighted by atomic mass is 16.2. The van der Waals surface area contributed by atoms with Gasteiger partial charge in [0.25, 0.3) is 11.8 Å². The lowest BCUT2D eigenvalue weighted by Crippen LogP contribution is -2.25. The molecule has 4 heteroatoms. The van der Waals surface area contributed by atoms with Crippen molar-refractivity contribution in [2.45, 2.75) is 128 Å². The Morgan fingerprint density at radius 3 is 1.02 bits per heavy atom. The average molecular weight is 773 g/mol. The molecule has 0 radical (unpaired) electrons. The van der Waals surface area contributed by atoms with Gasteiger partial charge in [-0.1, -0.05) is 162 Å². The predicted octanol–water partition coefficient (Wildman–Crippen LogP) is 13.8. The number of nitrogens with zero attached hydrogens (tertiary/aromatic N) is 2. The number of benzene rings is 4. The average Bonchev–Trinajstić information content (AvgIpc) is 3.68.